The Morgan fingerprint density at radius 1 is 1.15 bits per heavy atom. The number of rotatable bonds is 8. The van der Waals surface area contributed by atoms with Crippen LogP contribution >= 0.6 is 34.5 Å². The number of piperidine rings is 1. The lowest BCUT2D eigenvalue weighted by Gasteiger charge is -2.31. The van der Waals surface area contributed by atoms with Gasteiger partial charge in [-0.2, -0.15) is 0 Å². The average molecular weight is 542 g/mol. The summed E-state index contributed by atoms with van der Waals surface area (Å²) in [6.45, 7) is 4.26. The molecule has 0 amide bonds. The minimum absolute atomic E-state index is 0.0644. The predicted molar refractivity (Wildman–Crippen MR) is 136 cm³/mol. The van der Waals surface area contributed by atoms with Gasteiger partial charge in [-0.3, -0.25) is 0 Å². The van der Waals surface area contributed by atoms with Crippen LogP contribution in [0.1, 0.15) is 41.9 Å². The summed E-state index contributed by atoms with van der Waals surface area (Å²) in [5, 5.41) is 3.55. The normalized spacial score (nSPS) is 15.0. The predicted octanol–water partition coefficient (Wildman–Crippen LogP) is 5.21. The van der Waals surface area contributed by atoms with Gasteiger partial charge in [-0.05, 0) is 37.0 Å². The third-order valence-corrected chi connectivity index (χ3v) is 8.51. The lowest BCUT2D eigenvalue weighted by Crippen LogP contribution is -2.34. The van der Waals surface area contributed by atoms with Crippen LogP contribution in [0.2, 0.25) is 10.0 Å². The van der Waals surface area contributed by atoms with Crippen molar-refractivity contribution < 1.29 is 13.2 Å². The first-order chi connectivity index (χ1) is 16.2. The summed E-state index contributed by atoms with van der Waals surface area (Å²) in [5.41, 5.74) is 2.11. The second-order valence-electron chi connectivity index (χ2n) is 8.27. The molecule has 4 rings (SSSR count). The van der Waals surface area contributed by atoms with Crippen LogP contribution < -0.4 is 9.64 Å². The van der Waals surface area contributed by atoms with Gasteiger partial charge in [0.15, 0.2) is 15.6 Å². The number of thiazole rings is 1. The zero-order valence-corrected chi connectivity index (χ0v) is 22.1. The van der Waals surface area contributed by atoms with E-state index in [1.54, 1.807) is 11.3 Å². The van der Waals surface area contributed by atoms with Gasteiger partial charge in [0.25, 0.3) is 0 Å². The number of aryl methyl sites for hydroxylation is 1. The average Bonchev–Trinajstić information content (AvgIpc) is 3.29. The molecule has 7 nitrogen and oxygen atoms in total. The fourth-order valence-corrected chi connectivity index (χ4v) is 6.21. The van der Waals surface area contributed by atoms with E-state index in [0.29, 0.717) is 18.9 Å². The molecule has 1 aliphatic rings. The Balaban J connectivity index is 1.30. The van der Waals surface area contributed by atoms with Gasteiger partial charge in [-0.25, -0.2) is 23.4 Å². The molecule has 0 N–H and O–H groups in total. The summed E-state index contributed by atoms with van der Waals surface area (Å²) in [5.74, 6) is 1.51. The second kappa shape index (κ2) is 10.8. The van der Waals surface area contributed by atoms with Gasteiger partial charge in [-0.15, -0.1) is 11.3 Å². The Labute approximate surface area is 214 Å². The number of halogens is 2. The molecule has 0 unspecified atom stereocenters. The largest absolute Gasteiger partial charge is 0.490 e. The van der Waals surface area contributed by atoms with Gasteiger partial charge in [0.1, 0.15) is 0 Å². The Hall–Kier alpha value is -1.94. The van der Waals surface area contributed by atoms with Crippen molar-refractivity contribution in [3.63, 3.8) is 0 Å². The molecule has 1 aromatic carbocycles. The zero-order valence-electron chi connectivity index (χ0n) is 19.0. The van der Waals surface area contributed by atoms with Crippen LogP contribution in [-0.2, 0) is 22.7 Å². The number of nitrogens with zero attached hydrogens (tertiary/aromatic N) is 4. The van der Waals surface area contributed by atoms with Crippen molar-refractivity contribution in [2.24, 2.45) is 0 Å². The number of aromatic nitrogens is 3. The molecule has 3 aromatic rings. The highest BCUT2D eigenvalue weighted by Crippen LogP contribution is 2.36. The molecule has 0 aliphatic carbocycles. The third-order valence-electron chi connectivity index (χ3n) is 5.80. The van der Waals surface area contributed by atoms with E-state index in [-0.39, 0.29) is 20.7 Å². The summed E-state index contributed by atoms with van der Waals surface area (Å²) < 4.78 is 29.2. The summed E-state index contributed by atoms with van der Waals surface area (Å²) in [6.07, 6.45) is 8.49. The lowest BCUT2D eigenvalue weighted by atomic mass is 9.98. The molecule has 1 saturated heterocycles. The van der Waals surface area contributed by atoms with Crippen molar-refractivity contribution >= 4 is 50.3 Å². The van der Waals surface area contributed by atoms with E-state index in [0.717, 1.165) is 60.8 Å². The smallest absolute Gasteiger partial charge is 0.225 e. The van der Waals surface area contributed by atoms with Gasteiger partial charge in [0, 0.05) is 49.5 Å². The molecule has 34 heavy (non-hydrogen) atoms. The maximum absolute atomic E-state index is 11.7. The van der Waals surface area contributed by atoms with Crippen LogP contribution in [-0.4, -0.2) is 49.3 Å². The molecule has 1 aliphatic heterocycles. The van der Waals surface area contributed by atoms with Crippen LogP contribution in [0.5, 0.6) is 5.75 Å². The standard InChI is InChI=1S/C23H26Cl2N4O3S2/c1-3-15-12-26-23(27-13-15)29-7-4-16(5-8-29)22-28-17(14-33-22)6-9-32-21-19(24)10-18(11-20(21)25)34(2,30)31/h10-14,16H,3-9H2,1-2H3. The van der Waals surface area contributed by atoms with Gasteiger partial charge in [0.05, 0.1) is 32.2 Å². The van der Waals surface area contributed by atoms with Crippen molar-refractivity contribution in [3.05, 3.63) is 56.2 Å². The highest BCUT2D eigenvalue weighted by atomic mass is 35.5. The zero-order chi connectivity index (χ0) is 24.3. The summed E-state index contributed by atoms with van der Waals surface area (Å²) in [4.78, 5) is 16.1. The van der Waals surface area contributed by atoms with Crippen LogP contribution in [0, 0.1) is 0 Å². The first-order valence-corrected chi connectivity index (χ1v) is 14.6. The molecule has 3 heterocycles. The van der Waals surface area contributed by atoms with Crippen LogP contribution in [0.15, 0.2) is 34.8 Å². The number of hydrogen-bond acceptors (Lipinski definition) is 8. The number of sulfone groups is 1. The Morgan fingerprint density at radius 3 is 2.38 bits per heavy atom. The van der Waals surface area contributed by atoms with E-state index in [4.69, 9.17) is 32.9 Å². The number of ether oxygens (including phenoxy) is 1. The molecular weight excluding hydrogens is 515 g/mol. The number of anilines is 1. The van der Waals surface area contributed by atoms with E-state index in [2.05, 4.69) is 27.2 Å². The van der Waals surface area contributed by atoms with E-state index in [9.17, 15) is 8.42 Å². The molecule has 182 valence electrons. The highest BCUT2D eigenvalue weighted by molar-refractivity contribution is 7.90. The van der Waals surface area contributed by atoms with E-state index < -0.39 is 9.84 Å². The number of hydrogen-bond donors (Lipinski definition) is 0. The first-order valence-electron chi connectivity index (χ1n) is 11.1. The fraction of sp³-hybridized carbons (Fsp3) is 0.435. The van der Waals surface area contributed by atoms with Gasteiger partial charge >= 0.3 is 0 Å². The maximum Gasteiger partial charge on any atom is 0.225 e. The van der Waals surface area contributed by atoms with Gasteiger partial charge in [-0.1, -0.05) is 30.1 Å². The Morgan fingerprint density at radius 2 is 1.79 bits per heavy atom. The monoisotopic (exact) mass is 540 g/mol. The van der Waals surface area contributed by atoms with Crippen LogP contribution in [0.4, 0.5) is 5.95 Å². The third kappa shape index (κ3) is 6.00. The van der Waals surface area contributed by atoms with Crippen LogP contribution in [0.25, 0.3) is 0 Å². The molecule has 1 fully saturated rings. The first kappa shape index (κ1) is 25.2. The van der Waals surface area contributed by atoms with E-state index >= 15 is 0 Å². The summed E-state index contributed by atoms with van der Waals surface area (Å²) in [7, 11) is -3.40. The summed E-state index contributed by atoms with van der Waals surface area (Å²) in [6, 6.07) is 2.71. The van der Waals surface area contributed by atoms with Crippen molar-refractivity contribution in [2.75, 3.05) is 30.9 Å². The highest BCUT2D eigenvalue weighted by Gasteiger charge is 2.24. The molecule has 0 radical (unpaired) electrons. The summed E-state index contributed by atoms with van der Waals surface area (Å²) >= 11 is 14.1. The molecule has 0 spiro atoms. The maximum atomic E-state index is 11.7. The SMILES string of the molecule is CCc1cnc(N2CCC(c3nc(CCOc4c(Cl)cc(S(C)(=O)=O)cc4Cl)cs3)CC2)nc1. The lowest BCUT2D eigenvalue weighted by molar-refractivity contribution is 0.320. The van der Waals surface area contributed by atoms with E-state index in [1.807, 2.05) is 12.4 Å². The van der Waals surface area contributed by atoms with Crippen molar-refractivity contribution in [1.82, 2.24) is 15.0 Å². The topological polar surface area (TPSA) is 85.3 Å². The van der Waals surface area contributed by atoms with Crippen molar-refractivity contribution in [3.8, 4) is 5.75 Å². The molecule has 2 aromatic heterocycles. The van der Waals surface area contributed by atoms with Crippen molar-refractivity contribution in [2.45, 2.75) is 43.4 Å². The molecule has 0 bridgehead atoms. The van der Waals surface area contributed by atoms with E-state index in [1.165, 1.54) is 12.1 Å². The molecule has 0 atom stereocenters. The second-order valence-corrected chi connectivity index (χ2v) is 12.0. The minimum Gasteiger partial charge on any atom is -0.490 e. The van der Waals surface area contributed by atoms with Gasteiger partial charge < -0.3 is 9.64 Å². The van der Waals surface area contributed by atoms with Crippen molar-refractivity contribution in [1.29, 1.82) is 0 Å². The quantitative estimate of drug-likeness (QED) is 0.387. The van der Waals surface area contributed by atoms with Crippen LogP contribution in [0.3, 0.4) is 0 Å². The molecule has 0 saturated carbocycles. The fourth-order valence-electron chi connectivity index (χ4n) is 3.79. The number of benzene rings is 1. The minimum atomic E-state index is -3.40. The Bertz CT molecular complexity index is 1220. The molecular formula is C23H26Cl2N4O3S2. The van der Waals surface area contributed by atoms with Gasteiger partial charge in [0.2, 0.25) is 5.95 Å². The Kier molecular flexibility index (Phi) is 7.97. The molecule has 11 heteroatoms.